The highest BCUT2D eigenvalue weighted by Crippen LogP contribution is 2.33. The second kappa shape index (κ2) is 8.54. The van der Waals surface area contributed by atoms with Gasteiger partial charge in [-0.2, -0.15) is 18.2 Å². The molecule has 9 heteroatoms. The SMILES string of the molecule is FC(F)(F)c1ccccc1CNc1nc(NCCN2CCCC2)nc2ccsc12. The summed E-state index contributed by atoms with van der Waals surface area (Å²) in [6, 6.07) is 7.48. The third-order valence-electron chi connectivity index (χ3n) is 4.98. The van der Waals surface area contributed by atoms with E-state index in [1.165, 1.54) is 36.3 Å². The van der Waals surface area contributed by atoms with Crippen LogP contribution in [-0.4, -0.2) is 41.0 Å². The number of nitrogens with zero attached hydrogens (tertiary/aromatic N) is 3. The number of thiophene rings is 1. The highest BCUT2D eigenvalue weighted by molar-refractivity contribution is 7.17. The van der Waals surface area contributed by atoms with Gasteiger partial charge in [-0.15, -0.1) is 11.3 Å². The Hall–Kier alpha value is -2.39. The van der Waals surface area contributed by atoms with Crippen LogP contribution in [0.1, 0.15) is 24.0 Å². The third kappa shape index (κ3) is 4.79. The quantitative estimate of drug-likeness (QED) is 0.572. The smallest absolute Gasteiger partial charge is 0.365 e. The zero-order valence-corrected chi connectivity index (χ0v) is 16.6. The number of nitrogens with one attached hydrogen (secondary N) is 2. The van der Waals surface area contributed by atoms with E-state index in [0.717, 1.165) is 42.5 Å². The largest absolute Gasteiger partial charge is 0.416 e. The molecule has 1 aliphatic rings. The fourth-order valence-corrected chi connectivity index (χ4v) is 4.32. The number of hydrogen-bond acceptors (Lipinski definition) is 6. The highest BCUT2D eigenvalue weighted by atomic mass is 32.1. The summed E-state index contributed by atoms with van der Waals surface area (Å²) in [6.45, 7) is 3.93. The number of hydrogen-bond donors (Lipinski definition) is 2. The molecular formula is C20H22F3N5S. The molecule has 3 aromatic rings. The second-order valence-corrected chi connectivity index (χ2v) is 7.93. The van der Waals surface area contributed by atoms with E-state index in [9.17, 15) is 13.2 Å². The van der Waals surface area contributed by atoms with E-state index in [4.69, 9.17) is 0 Å². The van der Waals surface area contributed by atoms with Gasteiger partial charge in [-0.3, -0.25) is 0 Å². The van der Waals surface area contributed by atoms with Gasteiger partial charge in [-0.1, -0.05) is 18.2 Å². The molecule has 0 aliphatic carbocycles. The Bertz CT molecular complexity index is 966. The van der Waals surface area contributed by atoms with Gasteiger partial charge in [0, 0.05) is 19.6 Å². The lowest BCUT2D eigenvalue weighted by atomic mass is 10.1. The second-order valence-electron chi connectivity index (χ2n) is 7.01. The average molecular weight is 421 g/mol. The number of fused-ring (bicyclic) bond motifs is 1. The fourth-order valence-electron chi connectivity index (χ4n) is 3.52. The molecule has 29 heavy (non-hydrogen) atoms. The molecule has 1 aromatic carbocycles. The van der Waals surface area contributed by atoms with Crippen molar-refractivity contribution in [3.8, 4) is 0 Å². The molecule has 1 aliphatic heterocycles. The van der Waals surface area contributed by atoms with Gasteiger partial charge < -0.3 is 15.5 Å². The number of alkyl halides is 3. The first-order valence-corrected chi connectivity index (χ1v) is 10.5. The minimum absolute atomic E-state index is 0.0346. The molecule has 4 rings (SSSR count). The predicted octanol–water partition coefficient (Wildman–Crippen LogP) is 4.83. The van der Waals surface area contributed by atoms with E-state index in [-0.39, 0.29) is 12.1 Å². The molecule has 1 fully saturated rings. The van der Waals surface area contributed by atoms with Gasteiger partial charge in [0.15, 0.2) is 0 Å². The van der Waals surface area contributed by atoms with Gasteiger partial charge in [0.05, 0.1) is 15.8 Å². The Morgan fingerprint density at radius 2 is 1.83 bits per heavy atom. The minimum Gasteiger partial charge on any atom is -0.365 e. The van der Waals surface area contributed by atoms with Crippen molar-refractivity contribution in [2.75, 3.05) is 36.8 Å². The summed E-state index contributed by atoms with van der Waals surface area (Å²) in [5, 5.41) is 8.24. The van der Waals surface area contributed by atoms with Crippen molar-refractivity contribution in [1.29, 1.82) is 0 Å². The molecule has 0 radical (unpaired) electrons. The number of halogens is 3. The van der Waals surface area contributed by atoms with E-state index >= 15 is 0 Å². The predicted molar refractivity (Wildman–Crippen MR) is 110 cm³/mol. The summed E-state index contributed by atoms with van der Waals surface area (Å²) < 4.78 is 40.6. The van der Waals surface area contributed by atoms with Crippen molar-refractivity contribution in [2.24, 2.45) is 0 Å². The summed E-state index contributed by atoms with van der Waals surface area (Å²) in [5.41, 5.74) is 0.333. The summed E-state index contributed by atoms with van der Waals surface area (Å²) >= 11 is 1.47. The van der Waals surface area contributed by atoms with Crippen LogP contribution in [0.4, 0.5) is 24.9 Å². The lowest BCUT2D eigenvalue weighted by molar-refractivity contribution is -0.138. The molecule has 0 amide bonds. The highest BCUT2D eigenvalue weighted by Gasteiger charge is 2.32. The summed E-state index contributed by atoms with van der Waals surface area (Å²) in [4.78, 5) is 11.4. The van der Waals surface area contributed by atoms with Gasteiger partial charge in [0.1, 0.15) is 5.82 Å². The van der Waals surface area contributed by atoms with Gasteiger partial charge in [0.25, 0.3) is 0 Å². The molecule has 0 spiro atoms. The van der Waals surface area contributed by atoms with Crippen molar-refractivity contribution in [3.05, 3.63) is 46.8 Å². The maximum absolute atomic E-state index is 13.2. The molecule has 1 saturated heterocycles. The Balaban J connectivity index is 1.49. The van der Waals surface area contributed by atoms with Crippen LogP contribution in [0.5, 0.6) is 0 Å². The van der Waals surface area contributed by atoms with Gasteiger partial charge in [-0.25, -0.2) is 4.98 Å². The lowest BCUT2D eigenvalue weighted by Crippen LogP contribution is -2.26. The number of likely N-dealkylation sites (tertiary alicyclic amines) is 1. The van der Waals surface area contributed by atoms with Crippen molar-refractivity contribution in [1.82, 2.24) is 14.9 Å². The molecule has 0 bridgehead atoms. The topological polar surface area (TPSA) is 53.1 Å². The molecule has 0 saturated carbocycles. The molecular weight excluding hydrogens is 399 g/mol. The van der Waals surface area contributed by atoms with Crippen LogP contribution in [0.25, 0.3) is 10.2 Å². The lowest BCUT2D eigenvalue weighted by Gasteiger charge is -2.16. The first-order valence-electron chi connectivity index (χ1n) is 9.61. The van der Waals surface area contributed by atoms with E-state index < -0.39 is 11.7 Å². The molecule has 5 nitrogen and oxygen atoms in total. The normalized spacial score (nSPS) is 15.1. The summed E-state index contributed by atoms with van der Waals surface area (Å²) in [6.07, 6.45) is -1.90. The first kappa shape index (κ1) is 19.9. The minimum atomic E-state index is -4.38. The Morgan fingerprint density at radius 3 is 2.62 bits per heavy atom. The van der Waals surface area contributed by atoms with E-state index in [2.05, 4.69) is 25.5 Å². The Labute approximate surface area is 171 Å². The van der Waals surface area contributed by atoms with Gasteiger partial charge in [0.2, 0.25) is 5.95 Å². The zero-order valence-electron chi connectivity index (χ0n) is 15.8. The third-order valence-corrected chi connectivity index (χ3v) is 5.89. The maximum Gasteiger partial charge on any atom is 0.416 e. The van der Waals surface area contributed by atoms with E-state index in [1.807, 2.05) is 11.4 Å². The number of aromatic nitrogens is 2. The van der Waals surface area contributed by atoms with E-state index in [0.29, 0.717) is 11.8 Å². The Kier molecular flexibility index (Phi) is 5.86. The van der Waals surface area contributed by atoms with Crippen LogP contribution in [0.3, 0.4) is 0 Å². The number of rotatable bonds is 7. The average Bonchev–Trinajstić information content (AvgIpc) is 3.37. The van der Waals surface area contributed by atoms with Crippen molar-refractivity contribution in [3.63, 3.8) is 0 Å². The summed E-state index contributed by atoms with van der Waals surface area (Å²) in [5.74, 6) is 1.03. The number of anilines is 2. The van der Waals surface area contributed by atoms with Crippen LogP contribution >= 0.6 is 11.3 Å². The molecule has 2 aromatic heterocycles. The maximum atomic E-state index is 13.2. The molecule has 0 unspecified atom stereocenters. The standard InChI is InChI=1S/C20H22F3N5S/c21-20(22,23)15-6-2-1-5-14(15)13-25-18-17-16(7-12-29-17)26-19(27-18)24-8-11-28-9-3-4-10-28/h1-2,5-7,12H,3-4,8-11,13H2,(H2,24,25,26,27). The molecule has 154 valence electrons. The zero-order chi connectivity index (χ0) is 20.3. The number of benzene rings is 1. The van der Waals surface area contributed by atoms with Crippen LogP contribution in [0.15, 0.2) is 35.7 Å². The molecule has 0 atom stereocenters. The van der Waals surface area contributed by atoms with Crippen molar-refractivity contribution in [2.45, 2.75) is 25.6 Å². The Morgan fingerprint density at radius 1 is 1.03 bits per heavy atom. The fraction of sp³-hybridized carbons (Fsp3) is 0.400. The van der Waals surface area contributed by atoms with Crippen LogP contribution in [-0.2, 0) is 12.7 Å². The van der Waals surface area contributed by atoms with E-state index in [1.54, 1.807) is 6.07 Å². The molecule has 2 N–H and O–H groups in total. The van der Waals surface area contributed by atoms with Crippen molar-refractivity contribution < 1.29 is 13.2 Å². The summed E-state index contributed by atoms with van der Waals surface area (Å²) in [7, 11) is 0. The first-order chi connectivity index (χ1) is 14.0. The van der Waals surface area contributed by atoms with Gasteiger partial charge in [-0.05, 0) is 49.0 Å². The monoisotopic (exact) mass is 421 g/mol. The van der Waals surface area contributed by atoms with Crippen LogP contribution in [0.2, 0.25) is 0 Å². The van der Waals surface area contributed by atoms with Gasteiger partial charge >= 0.3 is 6.18 Å². The molecule has 3 heterocycles. The van der Waals surface area contributed by atoms with Crippen molar-refractivity contribution >= 4 is 33.3 Å². The van der Waals surface area contributed by atoms with Crippen LogP contribution in [0, 0.1) is 0 Å². The van der Waals surface area contributed by atoms with Crippen LogP contribution < -0.4 is 10.6 Å².